The third kappa shape index (κ3) is 4.66. The van der Waals surface area contributed by atoms with Crippen LogP contribution in [0.3, 0.4) is 0 Å². The van der Waals surface area contributed by atoms with Crippen LogP contribution in [0.1, 0.15) is 37.5 Å². The maximum absolute atomic E-state index is 12.9. The van der Waals surface area contributed by atoms with Gasteiger partial charge in [-0.2, -0.15) is 0 Å². The topological polar surface area (TPSA) is 62.7 Å². The summed E-state index contributed by atoms with van der Waals surface area (Å²) in [7, 11) is 0. The molecule has 0 saturated carbocycles. The summed E-state index contributed by atoms with van der Waals surface area (Å²) >= 11 is 1.36. The molecular formula is C20H25N3O3S. The van der Waals surface area contributed by atoms with Gasteiger partial charge in [-0.1, -0.05) is 30.3 Å². The molecule has 0 bridgehead atoms. The van der Waals surface area contributed by atoms with Crippen LogP contribution in [-0.2, 0) is 4.74 Å². The number of aromatic nitrogens is 1. The highest BCUT2D eigenvalue weighted by Gasteiger charge is 2.33. The molecule has 1 atom stereocenters. The molecule has 2 heterocycles. The van der Waals surface area contributed by atoms with Crippen molar-refractivity contribution < 1.29 is 14.3 Å². The van der Waals surface area contributed by atoms with Crippen LogP contribution in [0.25, 0.3) is 11.3 Å². The lowest BCUT2D eigenvalue weighted by atomic mass is 10.2. The van der Waals surface area contributed by atoms with Crippen molar-refractivity contribution in [1.82, 2.24) is 14.8 Å². The largest absolute Gasteiger partial charge is 0.444 e. The third-order valence-corrected chi connectivity index (χ3v) is 5.13. The molecule has 1 aromatic heterocycles. The molecule has 2 amide bonds. The number of thiazole rings is 1. The van der Waals surface area contributed by atoms with Crippen LogP contribution in [0.15, 0.2) is 35.7 Å². The quantitative estimate of drug-likeness (QED) is 0.784. The van der Waals surface area contributed by atoms with Crippen molar-refractivity contribution in [3.8, 4) is 11.3 Å². The molecule has 1 saturated heterocycles. The number of hydrogen-bond donors (Lipinski definition) is 0. The molecule has 1 fully saturated rings. The van der Waals surface area contributed by atoms with Crippen LogP contribution in [0.5, 0.6) is 0 Å². The lowest BCUT2D eigenvalue weighted by Crippen LogP contribution is -2.56. The number of hydrogen-bond acceptors (Lipinski definition) is 5. The van der Waals surface area contributed by atoms with Gasteiger partial charge in [-0.3, -0.25) is 4.79 Å². The Balaban J connectivity index is 1.65. The number of ether oxygens (including phenoxy) is 1. The number of rotatable bonds is 2. The zero-order valence-electron chi connectivity index (χ0n) is 16.1. The summed E-state index contributed by atoms with van der Waals surface area (Å²) in [6.07, 6.45) is -0.331. The molecule has 0 spiro atoms. The molecule has 1 aromatic carbocycles. The fourth-order valence-corrected chi connectivity index (χ4v) is 3.77. The van der Waals surface area contributed by atoms with E-state index in [0.717, 1.165) is 11.3 Å². The van der Waals surface area contributed by atoms with Crippen molar-refractivity contribution in [3.63, 3.8) is 0 Å². The number of amides is 2. The number of benzene rings is 1. The number of carbonyl (C=O) groups is 2. The van der Waals surface area contributed by atoms with Gasteiger partial charge in [-0.25, -0.2) is 9.78 Å². The maximum atomic E-state index is 12.9. The first kappa shape index (κ1) is 19.4. The van der Waals surface area contributed by atoms with Gasteiger partial charge in [0.05, 0.1) is 5.69 Å². The summed E-state index contributed by atoms with van der Waals surface area (Å²) in [5.74, 6) is -0.0847. The minimum Gasteiger partial charge on any atom is -0.444 e. The van der Waals surface area contributed by atoms with E-state index in [-0.39, 0.29) is 18.0 Å². The summed E-state index contributed by atoms with van der Waals surface area (Å²) in [5, 5.41) is 2.39. The van der Waals surface area contributed by atoms with Gasteiger partial charge in [0.2, 0.25) is 0 Å². The van der Waals surface area contributed by atoms with E-state index in [2.05, 4.69) is 4.98 Å². The van der Waals surface area contributed by atoms with E-state index in [9.17, 15) is 9.59 Å². The van der Waals surface area contributed by atoms with Crippen molar-refractivity contribution in [2.24, 2.45) is 0 Å². The Morgan fingerprint density at radius 3 is 2.52 bits per heavy atom. The van der Waals surface area contributed by atoms with Gasteiger partial charge in [-0.15, -0.1) is 11.3 Å². The molecule has 1 aliphatic heterocycles. The van der Waals surface area contributed by atoms with Crippen LogP contribution in [0.4, 0.5) is 4.79 Å². The van der Waals surface area contributed by atoms with Gasteiger partial charge in [0.25, 0.3) is 5.91 Å². The zero-order chi connectivity index (χ0) is 19.6. The molecule has 0 unspecified atom stereocenters. The van der Waals surface area contributed by atoms with Crippen molar-refractivity contribution >= 4 is 23.3 Å². The second-order valence-electron chi connectivity index (χ2n) is 7.68. The lowest BCUT2D eigenvalue weighted by Gasteiger charge is -2.39. The molecular weight excluding hydrogens is 362 g/mol. The molecule has 2 aromatic rings. The monoisotopic (exact) mass is 387 g/mol. The van der Waals surface area contributed by atoms with Gasteiger partial charge >= 0.3 is 6.09 Å². The lowest BCUT2D eigenvalue weighted by molar-refractivity contribution is 0.00617. The molecule has 7 heteroatoms. The molecule has 6 nitrogen and oxygen atoms in total. The number of piperazine rings is 1. The predicted octanol–water partition coefficient (Wildman–Crippen LogP) is 3.89. The highest BCUT2D eigenvalue weighted by Crippen LogP contribution is 2.24. The highest BCUT2D eigenvalue weighted by atomic mass is 32.1. The summed E-state index contributed by atoms with van der Waals surface area (Å²) in [5.41, 5.74) is 1.28. The molecule has 0 N–H and O–H groups in total. The Hall–Kier alpha value is -2.41. The van der Waals surface area contributed by atoms with Crippen molar-refractivity contribution in [1.29, 1.82) is 0 Å². The van der Waals surface area contributed by atoms with E-state index in [1.807, 2.05) is 63.4 Å². The molecule has 3 rings (SSSR count). The van der Waals surface area contributed by atoms with E-state index in [1.165, 1.54) is 11.3 Å². The van der Waals surface area contributed by atoms with E-state index in [0.29, 0.717) is 24.6 Å². The summed E-state index contributed by atoms with van der Waals surface area (Å²) in [6.45, 7) is 8.88. The van der Waals surface area contributed by atoms with Gasteiger partial charge in [0.1, 0.15) is 5.60 Å². The van der Waals surface area contributed by atoms with E-state index in [4.69, 9.17) is 4.74 Å². The average Bonchev–Trinajstić information content (AvgIpc) is 3.10. The normalized spacial score (nSPS) is 17.7. The van der Waals surface area contributed by atoms with Gasteiger partial charge in [0, 0.05) is 36.6 Å². The SMILES string of the molecule is C[C@@H]1CN(C(=O)OC(C)(C)C)CCN1C(=O)c1nc(-c2ccccc2)cs1. The van der Waals surface area contributed by atoms with Crippen LogP contribution < -0.4 is 0 Å². The Kier molecular flexibility index (Phi) is 5.51. The van der Waals surface area contributed by atoms with Gasteiger partial charge in [-0.05, 0) is 27.7 Å². The minimum absolute atomic E-state index is 0.0847. The number of carbonyl (C=O) groups excluding carboxylic acids is 2. The second-order valence-corrected chi connectivity index (χ2v) is 8.54. The summed E-state index contributed by atoms with van der Waals surface area (Å²) < 4.78 is 5.43. The fraction of sp³-hybridized carbons (Fsp3) is 0.450. The predicted molar refractivity (Wildman–Crippen MR) is 106 cm³/mol. The fourth-order valence-electron chi connectivity index (χ4n) is 2.99. The van der Waals surface area contributed by atoms with Crippen molar-refractivity contribution in [2.45, 2.75) is 39.3 Å². The molecule has 0 radical (unpaired) electrons. The Morgan fingerprint density at radius 2 is 1.89 bits per heavy atom. The molecule has 1 aliphatic rings. The van der Waals surface area contributed by atoms with Crippen LogP contribution >= 0.6 is 11.3 Å². The van der Waals surface area contributed by atoms with Crippen LogP contribution in [0, 0.1) is 0 Å². The first-order valence-corrected chi connectivity index (χ1v) is 9.92. The molecule has 27 heavy (non-hydrogen) atoms. The summed E-state index contributed by atoms with van der Waals surface area (Å²) in [4.78, 5) is 33.1. The third-order valence-electron chi connectivity index (χ3n) is 4.30. The van der Waals surface area contributed by atoms with Crippen molar-refractivity contribution in [2.75, 3.05) is 19.6 Å². The maximum Gasteiger partial charge on any atom is 0.410 e. The smallest absolute Gasteiger partial charge is 0.410 e. The van der Waals surface area contributed by atoms with Crippen LogP contribution in [-0.4, -0.2) is 58.1 Å². The summed E-state index contributed by atoms with van der Waals surface area (Å²) in [6, 6.07) is 9.72. The van der Waals surface area contributed by atoms with Crippen LogP contribution in [0.2, 0.25) is 0 Å². The minimum atomic E-state index is -0.526. The van der Waals surface area contributed by atoms with E-state index >= 15 is 0 Å². The zero-order valence-corrected chi connectivity index (χ0v) is 17.0. The van der Waals surface area contributed by atoms with Crippen molar-refractivity contribution in [3.05, 3.63) is 40.7 Å². The van der Waals surface area contributed by atoms with Gasteiger partial charge in [0.15, 0.2) is 5.01 Å². The van der Waals surface area contributed by atoms with Gasteiger partial charge < -0.3 is 14.5 Å². The van der Waals surface area contributed by atoms with E-state index in [1.54, 1.807) is 9.80 Å². The first-order valence-electron chi connectivity index (χ1n) is 9.04. The Bertz CT molecular complexity index is 813. The molecule has 0 aliphatic carbocycles. The second kappa shape index (κ2) is 7.68. The first-order chi connectivity index (χ1) is 12.7. The Morgan fingerprint density at radius 1 is 1.19 bits per heavy atom. The number of nitrogens with zero attached hydrogens (tertiary/aromatic N) is 3. The highest BCUT2D eigenvalue weighted by molar-refractivity contribution is 7.12. The van der Waals surface area contributed by atoms with E-state index < -0.39 is 5.60 Å². The average molecular weight is 388 g/mol. The standard InChI is InChI=1S/C20H25N3O3S/c1-14-12-22(19(25)26-20(2,3)4)10-11-23(14)18(24)17-21-16(13-27-17)15-8-6-5-7-9-15/h5-9,13-14H,10-12H2,1-4H3/t14-/m1/s1. The molecule has 144 valence electrons. The Labute approximate surface area is 163 Å².